The van der Waals surface area contributed by atoms with E-state index in [1.165, 1.54) is 152 Å². The van der Waals surface area contributed by atoms with Crippen LogP contribution in [0.3, 0.4) is 0 Å². The van der Waals surface area contributed by atoms with Gasteiger partial charge in [-0.3, -0.25) is 0 Å². The molecule has 8 heterocycles. The van der Waals surface area contributed by atoms with E-state index < -0.39 is 0 Å². The van der Waals surface area contributed by atoms with Gasteiger partial charge in [0.05, 0.1) is 22.1 Å². The minimum atomic E-state index is 0.916. The Morgan fingerprint density at radius 2 is 0.663 bits per heavy atom. The number of thiophene rings is 4. The van der Waals surface area contributed by atoms with Gasteiger partial charge in [0.1, 0.15) is 22.3 Å². The molecule has 428 valence electrons. The van der Waals surface area contributed by atoms with Crippen LogP contribution in [0.1, 0.15) is 0 Å². The maximum atomic E-state index is 6.36. The zero-order valence-corrected chi connectivity index (χ0v) is 52.2. The first-order chi connectivity index (χ1) is 45.6. The normalized spacial score (nSPS) is 12.3. The Labute approximate surface area is 540 Å². The summed E-state index contributed by atoms with van der Waals surface area (Å²) in [5.41, 5.74) is 16.0. The SMILES string of the molecule is c1ccc2c(c1)oc1cc3c(cc12)c1ccccc1n3-c1ccc2sc3c(-c4cccc5sc6ccccc6c45)cccc3c2c1.c1ccc2c(c1)oc1ccc3c(c4ccccc4n3-c3ccc4sc5c(-c6cccc7sc8ccccc8c67)cccc5c4c3)c12. The highest BCUT2D eigenvalue weighted by atomic mass is 32.1. The number of hydrogen-bond donors (Lipinski definition) is 0. The van der Waals surface area contributed by atoms with Gasteiger partial charge in [0.25, 0.3) is 0 Å². The zero-order chi connectivity index (χ0) is 59.9. The number of rotatable bonds is 4. The highest BCUT2D eigenvalue weighted by Gasteiger charge is 2.23. The first kappa shape index (κ1) is 51.0. The van der Waals surface area contributed by atoms with Gasteiger partial charge < -0.3 is 18.0 Å². The van der Waals surface area contributed by atoms with E-state index >= 15 is 0 Å². The van der Waals surface area contributed by atoms with E-state index in [0.717, 1.165) is 49.7 Å². The Morgan fingerprint density at radius 3 is 1.29 bits per heavy atom. The molecule has 0 aliphatic rings. The van der Waals surface area contributed by atoms with Crippen molar-refractivity contribution >= 4 is 214 Å². The fraction of sp³-hybridized carbons (Fsp3) is 0. The lowest BCUT2D eigenvalue weighted by Crippen LogP contribution is -1.93. The van der Waals surface area contributed by atoms with E-state index in [2.05, 4.69) is 276 Å². The van der Waals surface area contributed by atoms with E-state index in [4.69, 9.17) is 8.83 Å². The number of para-hydroxylation sites is 4. The van der Waals surface area contributed by atoms with Gasteiger partial charge in [-0.2, -0.15) is 0 Å². The maximum Gasteiger partial charge on any atom is 0.137 e. The van der Waals surface area contributed by atoms with Crippen molar-refractivity contribution in [2.45, 2.75) is 0 Å². The molecule has 14 aromatic carbocycles. The van der Waals surface area contributed by atoms with Crippen molar-refractivity contribution in [2.24, 2.45) is 0 Å². The predicted octanol–water partition coefficient (Wildman–Crippen LogP) is 26.2. The molecule has 0 saturated carbocycles. The summed E-state index contributed by atoms with van der Waals surface area (Å²) >= 11 is 7.55. The van der Waals surface area contributed by atoms with E-state index in [1.807, 2.05) is 57.5 Å². The molecule has 0 saturated heterocycles. The van der Waals surface area contributed by atoms with Crippen molar-refractivity contribution in [3.8, 4) is 33.6 Å². The third kappa shape index (κ3) is 7.26. The number of hydrogen-bond acceptors (Lipinski definition) is 6. The summed E-state index contributed by atoms with van der Waals surface area (Å²) < 4.78 is 28.1. The Balaban J connectivity index is 0.000000124. The molecule has 8 aromatic heterocycles. The molecule has 0 unspecified atom stereocenters. The molecule has 0 atom stereocenters. The molecular weight excluding hydrogens is 1200 g/mol. The summed E-state index contributed by atoms with van der Waals surface area (Å²) in [7, 11) is 0. The van der Waals surface area contributed by atoms with Crippen LogP contribution in [0.15, 0.2) is 288 Å². The molecule has 22 aromatic rings. The van der Waals surface area contributed by atoms with Crippen LogP contribution in [0.4, 0.5) is 0 Å². The summed E-state index contributed by atoms with van der Waals surface area (Å²) in [5.74, 6) is 0. The van der Waals surface area contributed by atoms with Crippen molar-refractivity contribution in [3.63, 3.8) is 0 Å². The van der Waals surface area contributed by atoms with E-state index in [0.29, 0.717) is 0 Å². The van der Waals surface area contributed by atoms with Crippen molar-refractivity contribution in [2.75, 3.05) is 0 Å². The third-order valence-electron chi connectivity index (χ3n) is 19.2. The second-order valence-corrected chi connectivity index (χ2v) is 28.4. The van der Waals surface area contributed by atoms with Crippen LogP contribution in [0.2, 0.25) is 0 Å². The predicted molar refractivity (Wildman–Crippen MR) is 399 cm³/mol. The van der Waals surface area contributed by atoms with Crippen LogP contribution in [0, 0.1) is 0 Å². The zero-order valence-electron chi connectivity index (χ0n) is 48.9. The highest BCUT2D eigenvalue weighted by Crippen LogP contribution is 2.50. The fourth-order valence-corrected chi connectivity index (χ4v) is 20.0. The van der Waals surface area contributed by atoms with Crippen LogP contribution in [-0.2, 0) is 0 Å². The van der Waals surface area contributed by atoms with Crippen LogP contribution in [0.25, 0.3) is 202 Å². The van der Waals surface area contributed by atoms with Crippen molar-refractivity contribution < 1.29 is 8.83 Å². The molecule has 0 aliphatic carbocycles. The van der Waals surface area contributed by atoms with E-state index in [-0.39, 0.29) is 0 Å². The average Bonchev–Trinajstić information content (AvgIpc) is 1.59. The average molecular weight is 1240 g/mol. The molecular formula is C84H46N2O2S4. The first-order valence-corrected chi connectivity index (χ1v) is 34.3. The van der Waals surface area contributed by atoms with Gasteiger partial charge in [0.15, 0.2) is 0 Å². The molecule has 0 N–H and O–H groups in total. The fourth-order valence-electron chi connectivity index (χ4n) is 15.3. The maximum absolute atomic E-state index is 6.36. The lowest BCUT2D eigenvalue weighted by molar-refractivity contribution is 0.669. The molecule has 92 heavy (non-hydrogen) atoms. The van der Waals surface area contributed by atoms with Gasteiger partial charge in [-0.25, -0.2) is 0 Å². The summed E-state index contributed by atoms with van der Waals surface area (Å²) in [6, 6.07) is 102. The van der Waals surface area contributed by atoms with Gasteiger partial charge in [-0.15, -0.1) is 45.3 Å². The summed E-state index contributed by atoms with van der Waals surface area (Å²) in [6.07, 6.45) is 0. The standard InChI is InChI=1S/2C42H23NOS2/c1-4-15-32-28(9-1)40-33(20-21-35-41(40)29-10-2-5-16-34(29)44-35)43(32)24-19-22-37-31(23-24)27-14-7-13-26(42(27)46-37)25-12-8-18-38-39(25)30-11-3-6-17-36(30)45-38;1-4-15-34-25(9-1)31-22-32-26-10-2-5-16-36(26)44-37(32)23-35(31)43(34)24-19-20-39-33(21-24)29-14-7-13-28(42(29)46-39)27-12-8-18-40-41(27)30-11-3-6-17-38(30)45-40/h2*1-23H. The monoisotopic (exact) mass is 1240 g/mol. The second kappa shape index (κ2) is 19.3. The van der Waals surface area contributed by atoms with E-state index in [9.17, 15) is 0 Å². The number of fused-ring (bicyclic) bond motifs is 25. The molecule has 4 nitrogen and oxygen atoms in total. The lowest BCUT2D eigenvalue weighted by atomic mass is 9.98. The van der Waals surface area contributed by atoms with Crippen LogP contribution >= 0.6 is 45.3 Å². The Hall–Kier alpha value is -10.8. The van der Waals surface area contributed by atoms with Gasteiger partial charge in [0.2, 0.25) is 0 Å². The summed E-state index contributed by atoms with van der Waals surface area (Å²) in [4.78, 5) is 0. The third-order valence-corrected chi connectivity index (χ3v) is 23.9. The van der Waals surface area contributed by atoms with Crippen LogP contribution in [0.5, 0.6) is 0 Å². The summed E-state index contributed by atoms with van der Waals surface area (Å²) in [6.45, 7) is 0. The topological polar surface area (TPSA) is 36.1 Å². The minimum Gasteiger partial charge on any atom is -0.456 e. The van der Waals surface area contributed by atoms with Crippen molar-refractivity contribution in [1.82, 2.24) is 9.13 Å². The Kier molecular flexibility index (Phi) is 10.7. The van der Waals surface area contributed by atoms with Crippen LogP contribution < -0.4 is 0 Å². The van der Waals surface area contributed by atoms with Crippen molar-refractivity contribution in [1.29, 1.82) is 0 Å². The molecule has 0 amide bonds. The molecule has 22 rings (SSSR count). The molecule has 0 aliphatic heterocycles. The molecule has 0 fully saturated rings. The number of benzene rings is 14. The number of furan rings is 2. The smallest absolute Gasteiger partial charge is 0.137 e. The quantitative estimate of drug-likeness (QED) is 0.176. The number of nitrogens with zero attached hydrogens (tertiary/aromatic N) is 2. The second-order valence-electron chi connectivity index (χ2n) is 24.1. The first-order valence-electron chi connectivity index (χ1n) is 31.0. The summed E-state index contributed by atoms with van der Waals surface area (Å²) in [5, 5.41) is 20.2. The number of aromatic nitrogens is 2. The molecule has 8 heteroatoms. The molecule has 0 radical (unpaired) electrons. The molecule has 0 spiro atoms. The van der Waals surface area contributed by atoms with Crippen LogP contribution in [-0.4, -0.2) is 9.13 Å². The van der Waals surface area contributed by atoms with Crippen molar-refractivity contribution in [3.05, 3.63) is 279 Å². The van der Waals surface area contributed by atoms with Gasteiger partial charge in [-0.05, 0) is 114 Å². The lowest BCUT2D eigenvalue weighted by Gasteiger charge is -2.09. The van der Waals surface area contributed by atoms with Gasteiger partial charge >= 0.3 is 0 Å². The Morgan fingerprint density at radius 1 is 0.207 bits per heavy atom. The largest absolute Gasteiger partial charge is 0.456 e. The minimum absolute atomic E-state index is 0.916. The Bertz CT molecular complexity index is 6910. The molecule has 0 bridgehead atoms. The van der Waals surface area contributed by atoms with Gasteiger partial charge in [-0.1, -0.05) is 170 Å². The highest BCUT2D eigenvalue weighted by molar-refractivity contribution is 7.27. The van der Waals surface area contributed by atoms with E-state index in [1.54, 1.807) is 0 Å². The van der Waals surface area contributed by atoms with Gasteiger partial charge in [0, 0.05) is 152 Å².